The van der Waals surface area contributed by atoms with E-state index in [0.717, 1.165) is 5.82 Å². The van der Waals surface area contributed by atoms with Crippen molar-refractivity contribution < 1.29 is 0 Å². The van der Waals surface area contributed by atoms with Gasteiger partial charge in [0, 0.05) is 0 Å². The monoisotopic (exact) mass is 195 g/mol. The minimum absolute atomic E-state index is 0.556. The minimum atomic E-state index is 0.556. The van der Waals surface area contributed by atoms with Crippen LogP contribution in [0.25, 0.3) is 0 Å². The molecule has 1 radical (unpaired) electrons. The van der Waals surface area contributed by atoms with Gasteiger partial charge in [-0.15, -0.1) is 0 Å². The Hall–Kier alpha value is 0.0649. The summed E-state index contributed by atoms with van der Waals surface area (Å²) < 4.78 is 0. The second-order valence-electron chi connectivity index (χ2n) is 4.98. The van der Waals surface area contributed by atoms with Crippen LogP contribution in [0.2, 0.25) is 12.6 Å². The third-order valence-corrected chi connectivity index (χ3v) is 3.80. The molecular formula is C13H28B. The third-order valence-electron chi connectivity index (χ3n) is 3.80. The van der Waals surface area contributed by atoms with E-state index in [1.807, 2.05) is 0 Å². The highest BCUT2D eigenvalue weighted by atomic mass is 14.3. The summed E-state index contributed by atoms with van der Waals surface area (Å²) in [6.07, 6.45) is 8.23. The molecule has 14 heavy (non-hydrogen) atoms. The Kier molecular flexibility index (Phi) is 7.40. The summed E-state index contributed by atoms with van der Waals surface area (Å²) in [7, 11) is 2.38. The first-order chi connectivity index (χ1) is 6.60. The minimum Gasteiger partial charge on any atom is -0.0917 e. The first-order valence-electron chi connectivity index (χ1n) is 6.40. The van der Waals surface area contributed by atoms with E-state index in [1.54, 1.807) is 0 Å². The highest BCUT2D eigenvalue weighted by molar-refractivity contribution is 6.35. The summed E-state index contributed by atoms with van der Waals surface area (Å²) in [4.78, 5) is 0. The van der Waals surface area contributed by atoms with Gasteiger partial charge in [0.15, 0.2) is 0 Å². The molecule has 1 heteroatoms. The van der Waals surface area contributed by atoms with Crippen LogP contribution in [0.15, 0.2) is 0 Å². The number of rotatable bonds is 8. The van der Waals surface area contributed by atoms with Crippen LogP contribution in [0.5, 0.6) is 0 Å². The van der Waals surface area contributed by atoms with Gasteiger partial charge >= 0.3 is 0 Å². The van der Waals surface area contributed by atoms with Crippen molar-refractivity contribution in [2.24, 2.45) is 5.41 Å². The standard InChI is InChI=1S/C13H28B/c1-6-8-10-13(4,11-9-7-2)12(3)14-5/h12H,6-11H2,1-5H3. The Morgan fingerprint density at radius 3 is 1.79 bits per heavy atom. The van der Waals surface area contributed by atoms with Crippen molar-refractivity contribution in [3.05, 3.63) is 0 Å². The molecule has 0 saturated carbocycles. The lowest BCUT2D eigenvalue weighted by Gasteiger charge is -2.36. The molecule has 0 aliphatic heterocycles. The lowest BCUT2D eigenvalue weighted by atomic mass is 9.53. The molecule has 1 unspecified atom stereocenters. The van der Waals surface area contributed by atoms with Crippen LogP contribution in [0.3, 0.4) is 0 Å². The number of hydrogen-bond donors (Lipinski definition) is 0. The normalized spacial score (nSPS) is 14.1. The van der Waals surface area contributed by atoms with Crippen LogP contribution in [-0.4, -0.2) is 7.28 Å². The first-order valence-corrected chi connectivity index (χ1v) is 6.40. The Labute approximate surface area is 92.1 Å². The third kappa shape index (κ3) is 4.53. The average Bonchev–Trinajstić information content (AvgIpc) is 2.22. The molecule has 0 nitrogen and oxygen atoms in total. The molecule has 0 fully saturated rings. The summed E-state index contributed by atoms with van der Waals surface area (Å²) in [6.45, 7) is 11.6. The van der Waals surface area contributed by atoms with Crippen molar-refractivity contribution in [1.29, 1.82) is 0 Å². The van der Waals surface area contributed by atoms with E-state index in [9.17, 15) is 0 Å². The van der Waals surface area contributed by atoms with Gasteiger partial charge in [-0.05, 0) is 18.3 Å². The fourth-order valence-electron chi connectivity index (χ4n) is 2.14. The van der Waals surface area contributed by atoms with Gasteiger partial charge in [-0.1, -0.05) is 66.0 Å². The summed E-state index contributed by atoms with van der Waals surface area (Å²) in [5.74, 6) is 0.764. The van der Waals surface area contributed by atoms with Crippen molar-refractivity contribution in [3.8, 4) is 0 Å². The van der Waals surface area contributed by atoms with Crippen LogP contribution in [0.4, 0.5) is 0 Å². The van der Waals surface area contributed by atoms with E-state index >= 15 is 0 Å². The molecule has 0 aromatic heterocycles. The highest BCUT2D eigenvalue weighted by Crippen LogP contribution is 2.41. The predicted octanol–water partition coefficient (Wildman–Crippen LogP) is 4.93. The molecule has 0 heterocycles. The largest absolute Gasteiger partial charge is 0.110 e. The Morgan fingerprint density at radius 2 is 1.50 bits per heavy atom. The van der Waals surface area contributed by atoms with Crippen LogP contribution < -0.4 is 0 Å². The summed E-state index contributed by atoms with van der Waals surface area (Å²) in [6, 6.07) is 0. The Bertz CT molecular complexity index is 123. The fourth-order valence-corrected chi connectivity index (χ4v) is 2.14. The van der Waals surface area contributed by atoms with E-state index in [1.165, 1.54) is 38.5 Å². The van der Waals surface area contributed by atoms with E-state index in [0.29, 0.717) is 5.41 Å². The Balaban J connectivity index is 4.16. The van der Waals surface area contributed by atoms with Crippen LogP contribution in [-0.2, 0) is 0 Å². The lowest BCUT2D eigenvalue weighted by molar-refractivity contribution is 0.245. The molecule has 0 amide bonds. The highest BCUT2D eigenvalue weighted by Gasteiger charge is 2.28. The molecule has 0 bridgehead atoms. The first kappa shape index (κ1) is 14.1. The predicted molar refractivity (Wildman–Crippen MR) is 68.2 cm³/mol. The van der Waals surface area contributed by atoms with Crippen molar-refractivity contribution in [1.82, 2.24) is 0 Å². The zero-order valence-corrected chi connectivity index (χ0v) is 10.9. The van der Waals surface area contributed by atoms with Gasteiger partial charge in [-0.3, -0.25) is 0 Å². The zero-order valence-electron chi connectivity index (χ0n) is 10.9. The van der Waals surface area contributed by atoms with E-state index < -0.39 is 0 Å². The smallest absolute Gasteiger partial charge is 0.0917 e. The average molecular weight is 195 g/mol. The summed E-state index contributed by atoms with van der Waals surface area (Å²) in [5, 5.41) is 0. The molecule has 83 valence electrons. The zero-order chi connectivity index (χ0) is 11.0. The maximum absolute atomic E-state index is 2.48. The van der Waals surface area contributed by atoms with Gasteiger partial charge in [0.1, 0.15) is 7.28 Å². The van der Waals surface area contributed by atoms with Crippen LogP contribution in [0, 0.1) is 5.41 Å². The molecule has 0 saturated heterocycles. The molecule has 0 N–H and O–H groups in total. The molecule has 0 aliphatic rings. The van der Waals surface area contributed by atoms with Gasteiger partial charge in [0.2, 0.25) is 0 Å². The van der Waals surface area contributed by atoms with Crippen LogP contribution in [0.1, 0.15) is 66.2 Å². The van der Waals surface area contributed by atoms with Crippen molar-refractivity contribution in [2.75, 3.05) is 0 Å². The molecule has 1 atom stereocenters. The lowest BCUT2D eigenvalue weighted by Crippen LogP contribution is -2.24. The summed E-state index contributed by atoms with van der Waals surface area (Å²) >= 11 is 0. The topological polar surface area (TPSA) is 0 Å². The van der Waals surface area contributed by atoms with Crippen LogP contribution >= 0.6 is 0 Å². The van der Waals surface area contributed by atoms with E-state index in [4.69, 9.17) is 0 Å². The fraction of sp³-hybridized carbons (Fsp3) is 1.00. The van der Waals surface area contributed by atoms with Gasteiger partial charge in [-0.2, -0.15) is 0 Å². The van der Waals surface area contributed by atoms with E-state index in [-0.39, 0.29) is 0 Å². The molecule has 0 rings (SSSR count). The van der Waals surface area contributed by atoms with Gasteiger partial charge in [0.05, 0.1) is 0 Å². The maximum atomic E-state index is 2.48. The van der Waals surface area contributed by atoms with Crippen molar-refractivity contribution >= 4 is 7.28 Å². The molecule has 0 aromatic carbocycles. The molecule has 0 aromatic rings. The Morgan fingerprint density at radius 1 is 1.07 bits per heavy atom. The molecular weight excluding hydrogens is 167 g/mol. The van der Waals surface area contributed by atoms with Crippen molar-refractivity contribution in [2.45, 2.75) is 78.9 Å². The SMILES string of the molecule is C[B]C(C)C(C)(CCCC)CCCC. The van der Waals surface area contributed by atoms with Gasteiger partial charge in [-0.25, -0.2) is 0 Å². The second kappa shape index (κ2) is 7.37. The molecule has 0 spiro atoms. The van der Waals surface area contributed by atoms with E-state index in [2.05, 4.69) is 41.8 Å². The van der Waals surface area contributed by atoms with Crippen molar-refractivity contribution in [3.63, 3.8) is 0 Å². The second-order valence-corrected chi connectivity index (χ2v) is 4.98. The van der Waals surface area contributed by atoms with Gasteiger partial charge in [0.25, 0.3) is 0 Å². The number of unbranched alkanes of at least 4 members (excludes halogenated alkanes) is 2. The quantitative estimate of drug-likeness (QED) is 0.481. The maximum Gasteiger partial charge on any atom is 0.110 e. The number of hydrogen-bond acceptors (Lipinski definition) is 0. The molecule has 0 aliphatic carbocycles. The van der Waals surface area contributed by atoms with Gasteiger partial charge < -0.3 is 0 Å². The summed E-state index contributed by atoms with van der Waals surface area (Å²) in [5.41, 5.74) is 0.556.